The summed E-state index contributed by atoms with van der Waals surface area (Å²) < 4.78 is 29.1. The zero-order valence-corrected chi connectivity index (χ0v) is 17.9. The second-order valence-corrected chi connectivity index (χ2v) is 8.98. The highest BCUT2D eigenvalue weighted by molar-refractivity contribution is 7.89. The largest absolute Gasteiger partial charge is 0.332 e. The van der Waals surface area contributed by atoms with Crippen LogP contribution in [-0.4, -0.2) is 31.5 Å². The number of imidazole rings is 2. The van der Waals surface area contributed by atoms with Crippen molar-refractivity contribution in [2.24, 2.45) is 19.2 Å². The lowest BCUT2D eigenvalue weighted by molar-refractivity contribution is 0.598. The van der Waals surface area contributed by atoms with E-state index < -0.39 is 21.3 Å². The van der Waals surface area contributed by atoms with E-state index in [0.29, 0.717) is 11.5 Å². The van der Waals surface area contributed by atoms with E-state index >= 15 is 0 Å². The number of nitrogens with zero attached hydrogens (tertiary/aromatic N) is 5. The number of benzene rings is 2. The van der Waals surface area contributed by atoms with Crippen molar-refractivity contribution < 1.29 is 8.42 Å². The normalized spacial score (nSPS) is 12.1. The highest BCUT2D eigenvalue weighted by atomic mass is 32.2. The molecule has 0 radical (unpaired) electrons. The topological polar surface area (TPSA) is 126 Å². The summed E-state index contributed by atoms with van der Waals surface area (Å²) in [4.78, 5) is 29.9. The van der Waals surface area contributed by atoms with Crippen molar-refractivity contribution in [3.8, 4) is 16.9 Å². The minimum absolute atomic E-state index is 0.0181. The quantitative estimate of drug-likeness (QED) is 0.439. The van der Waals surface area contributed by atoms with Crippen molar-refractivity contribution in [1.82, 2.24) is 23.1 Å². The zero-order chi connectivity index (χ0) is 22.8. The molecule has 0 saturated carbocycles. The van der Waals surface area contributed by atoms with Gasteiger partial charge in [0.05, 0.1) is 10.6 Å². The third-order valence-corrected chi connectivity index (χ3v) is 6.39. The third kappa shape index (κ3) is 2.82. The predicted molar refractivity (Wildman–Crippen MR) is 119 cm³/mol. The predicted octanol–water partition coefficient (Wildman–Crippen LogP) is 0.990. The number of rotatable bonds is 3. The molecule has 2 N–H and O–H groups in total. The summed E-state index contributed by atoms with van der Waals surface area (Å²) in [7, 11) is -0.870. The maximum absolute atomic E-state index is 12.9. The maximum atomic E-state index is 12.9. The Hall–Kier alpha value is -3.96. The molecule has 0 aliphatic heterocycles. The fourth-order valence-electron chi connectivity index (χ4n) is 3.82. The van der Waals surface area contributed by atoms with Gasteiger partial charge in [-0.2, -0.15) is 4.98 Å². The Bertz CT molecular complexity index is 1740. The van der Waals surface area contributed by atoms with Crippen molar-refractivity contribution >= 4 is 27.0 Å². The summed E-state index contributed by atoms with van der Waals surface area (Å²) in [5.41, 5.74) is 1.79. The molecule has 32 heavy (non-hydrogen) atoms. The average molecular weight is 450 g/mol. The van der Waals surface area contributed by atoms with Gasteiger partial charge in [-0.1, -0.05) is 30.3 Å². The molecule has 0 aliphatic rings. The molecule has 5 rings (SSSR count). The number of aromatic nitrogens is 5. The number of nitrogens with two attached hydrogens (primary N) is 1. The summed E-state index contributed by atoms with van der Waals surface area (Å²) in [6.07, 6.45) is 1.78. The molecule has 10 nitrogen and oxygen atoms in total. The number of sulfonamides is 1. The molecule has 162 valence electrons. The van der Waals surface area contributed by atoms with Gasteiger partial charge in [-0.05, 0) is 24.3 Å². The van der Waals surface area contributed by atoms with Gasteiger partial charge < -0.3 is 0 Å². The average Bonchev–Trinajstić information content (AvgIpc) is 3.33. The molecule has 3 heterocycles. The fourth-order valence-corrected chi connectivity index (χ4v) is 4.34. The molecule has 0 saturated heterocycles. The van der Waals surface area contributed by atoms with Crippen LogP contribution in [0.25, 0.3) is 33.9 Å². The Labute approximate surface area is 181 Å². The van der Waals surface area contributed by atoms with E-state index in [9.17, 15) is 18.0 Å². The first-order chi connectivity index (χ1) is 15.2. The fraction of sp³-hybridized carbons (Fsp3) is 0.0952. The SMILES string of the molecule is Cn1c(=O)c2c(nc3n(-c4ccc(S(N)(=O)=O)cc4)c(-c4ccccc4)cn23)n(C)c1=O. The van der Waals surface area contributed by atoms with Gasteiger partial charge in [0.2, 0.25) is 15.8 Å². The smallest absolute Gasteiger partial charge is 0.279 e. The third-order valence-electron chi connectivity index (χ3n) is 5.46. The number of hydrogen-bond donors (Lipinski definition) is 1. The number of aryl methyl sites for hydroxylation is 1. The Morgan fingerprint density at radius 2 is 1.56 bits per heavy atom. The first kappa shape index (κ1) is 20.0. The molecule has 0 unspecified atom stereocenters. The van der Waals surface area contributed by atoms with Crippen molar-refractivity contribution in [3.05, 3.63) is 81.6 Å². The van der Waals surface area contributed by atoms with Crippen LogP contribution in [-0.2, 0) is 24.1 Å². The van der Waals surface area contributed by atoms with Gasteiger partial charge in [0.15, 0.2) is 11.2 Å². The van der Waals surface area contributed by atoms with Gasteiger partial charge >= 0.3 is 5.69 Å². The van der Waals surface area contributed by atoms with Crippen LogP contribution >= 0.6 is 0 Å². The minimum atomic E-state index is -3.85. The van der Waals surface area contributed by atoms with Crippen LogP contribution in [0.5, 0.6) is 0 Å². The Balaban J connectivity index is 1.91. The highest BCUT2D eigenvalue weighted by Crippen LogP contribution is 2.29. The molecule has 0 aliphatic carbocycles. The van der Waals surface area contributed by atoms with E-state index in [1.54, 1.807) is 34.3 Å². The molecular weight excluding hydrogens is 432 g/mol. The summed E-state index contributed by atoms with van der Waals surface area (Å²) in [5, 5.41) is 5.23. The van der Waals surface area contributed by atoms with Crippen molar-refractivity contribution in [1.29, 1.82) is 0 Å². The van der Waals surface area contributed by atoms with Gasteiger partial charge in [-0.25, -0.2) is 18.4 Å². The molecular formula is C21H18N6O4S. The maximum Gasteiger partial charge on any atom is 0.332 e. The van der Waals surface area contributed by atoms with Crippen molar-refractivity contribution in [3.63, 3.8) is 0 Å². The van der Waals surface area contributed by atoms with Crippen LogP contribution in [0.1, 0.15) is 0 Å². The summed E-state index contributed by atoms with van der Waals surface area (Å²) in [6.45, 7) is 0. The van der Waals surface area contributed by atoms with Crippen LogP contribution in [0, 0.1) is 0 Å². The second kappa shape index (κ2) is 6.77. The van der Waals surface area contributed by atoms with Crippen LogP contribution < -0.4 is 16.4 Å². The molecule has 0 spiro atoms. The van der Waals surface area contributed by atoms with E-state index in [2.05, 4.69) is 4.98 Å². The molecule has 0 amide bonds. The van der Waals surface area contributed by atoms with Crippen LogP contribution in [0.2, 0.25) is 0 Å². The zero-order valence-electron chi connectivity index (χ0n) is 17.1. The van der Waals surface area contributed by atoms with E-state index in [4.69, 9.17) is 5.14 Å². The molecule has 0 fully saturated rings. The van der Waals surface area contributed by atoms with Crippen molar-refractivity contribution in [2.75, 3.05) is 0 Å². The van der Waals surface area contributed by atoms with Gasteiger partial charge in [0.25, 0.3) is 5.56 Å². The van der Waals surface area contributed by atoms with Crippen molar-refractivity contribution in [2.45, 2.75) is 4.90 Å². The number of fused-ring (bicyclic) bond motifs is 3. The highest BCUT2D eigenvalue weighted by Gasteiger charge is 2.22. The number of primary sulfonamides is 1. The first-order valence-electron chi connectivity index (χ1n) is 9.56. The Kier molecular flexibility index (Phi) is 4.23. The molecule has 0 atom stereocenters. The second-order valence-electron chi connectivity index (χ2n) is 7.41. The standard InChI is InChI=1S/C21H18N6O4S/c1-24-18-17(19(28)25(2)21(24)29)26-12-16(13-6-4-3-5-7-13)27(20(26)23-18)14-8-10-15(11-9-14)32(22,30)31/h3-12H,1-2H3,(H2,22,30,31). The lowest BCUT2D eigenvalue weighted by Crippen LogP contribution is -2.37. The van der Waals surface area contributed by atoms with E-state index in [0.717, 1.165) is 15.8 Å². The molecule has 3 aromatic heterocycles. The van der Waals surface area contributed by atoms with Gasteiger partial charge in [0.1, 0.15) is 0 Å². The van der Waals surface area contributed by atoms with Crippen LogP contribution in [0.4, 0.5) is 0 Å². The van der Waals surface area contributed by atoms with E-state index in [1.165, 1.54) is 23.7 Å². The van der Waals surface area contributed by atoms with E-state index in [1.807, 2.05) is 30.3 Å². The lowest BCUT2D eigenvalue weighted by atomic mass is 10.1. The molecule has 2 aromatic carbocycles. The molecule has 11 heteroatoms. The van der Waals surface area contributed by atoms with Gasteiger partial charge in [-0.15, -0.1) is 0 Å². The Morgan fingerprint density at radius 3 is 2.19 bits per heavy atom. The molecule has 0 bridgehead atoms. The van der Waals surface area contributed by atoms with Gasteiger partial charge in [0, 0.05) is 31.5 Å². The van der Waals surface area contributed by atoms with Crippen LogP contribution in [0.3, 0.4) is 0 Å². The van der Waals surface area contributed by atoms with E-state index in [-0.39, 0.29) is 16.1 Å². The summed E-state index contributed by atoms with van der Waals surface area (Å²) in [6, 6.07) is 15.6. The summed E-state index contributed by atoms with van der Waals surface area (Å²) in [5.74, 6) is 0.403. The lowest BCUT2D eigenvalue weighted by Gasteiger charge is -2.10. The molecule has 5 aromatic rings. The first-order valence-corrected chi connectivity index (χ1v) is 11.1. The number of hydrogen-bond acceptors (Lipinski definition) is 5. The minimum Gasteiger partial charge on any atom is -0.279 e. The Morgan fingerprint density at radius 1 is 0.906 bits per heavy atom. The summed E-state index contributed by atoms with van der Waals surface area (Å²) >= 11 is 0. The van der Waals surface area contributed by atoms with Crippen LogP contribution in [0.15, 0.2) is 75.3 Å². The monoisotopic (exact) mass is 450 g/mol. The van der Waals surface area contributed by atoms with Gasteiger partial charge in [-0.3, -0.25) is 22.9 Å².